The van der Waals surface area contributed by atoms with Gasteiger partial charge in [-0.1, -0.05) is 0 Å². The normalized spacial score (nSPS) is 9.95. The predicted octanol–water partition coefficient (Wildman–Crippen LogP) is 0.736. The molecule has 1 heterocycles. The number of phenolic OH excluding ortho intramolecular Hbond substituents is 1. The summed E-state index contributed by atoms with van der Waals surface area (Å²) in [6, 6.07) is 6.95. The van der Waals surface area contributed by atoms with Crippen LogP contribution in [0.4, 0.5) is 5.69 Å². The molecule has 0 spiro atoms. The number of H-pyrrole nitrogens is 1. The van der Waals surface area contributed by atoms with Crippen molar-refractivity contribution in [3.63, 3.8) is 0 Å². The van der Waals surface area contributed by atoms with E-state index in [-0.39, 0.29) is 11.4 Å². The Hall–Kier alpha value is -2.83. The summed E-state index contributed by atoms with van der Waals surface area (Å²) in [4.78, 5) is 22.6. The first-order chi connectivity index (χ1) is 9.10. The lowest BCUT2D eigenvalue weighted by Crippen LogP contribution is -2.17. The van der Waals surface area contributed by atoms with Crippen LogP contribution in [-0.2, 0) is 0 Å². The van der Waals surface area contributed by atoms with Crippen LogP contribution < -0.4 is 15.6 Å². The molecule has 0 atom stereocenters. The number of phenols is 1. The number of benzene rings is 1. The van der Waals surface area contributed by atoms with Gasteiger partial charge in [0, 0.05) is 17.8 Å². The van der Waals surface area contributed by atoms with Gasteiger partial charge in [-0.15, -0.1) is 0 Å². The van der Waals surface area contributed by atoms with Crippen LogP contribution in [-0.4, -0.2) is 28.3 Å². The average Bonchev–Trinajstić information content (AvgIpc) is 2.39. The third-order valence-electron chi connectivity index (χ3n) is 2.35. The number of methoxy groups -OCH3 is 1. The van der Waals surface area contributed by atoms with Crippen molar-refractivity contribution in [1.82, 2.24) is 10.2 Å². The summed E-state index contributed by atoms with van der Waals surface area (Å²) < 4.78 is 4.89. The Morgan fingerprint density at radius 3 is 2.74 bits per heavy atom. The number of nitrogens with one attached hydrogen (secondary N) is 2. The number of hydrogen-bond donors (Lipinski definition) is 3. The number of aromatic hydroxyl groups is 1. The van der Waals surface area contributed by atoms with Gasteiger partial charge < -0.3 is 15.2 Å². The maximum absolute atomic E-state index is 11.8. The van der Waals surface area contributed by atoms with E-state index in [0.29, 0.717) is 11.4 Å². The van der Waals surface area contributed by atoms with Crippen molar-refractivity contribution in [2.45, 2.75) is 0 Å². The minimum absolute atomic E-state index is 0.0647. The highest BCUT2D eigenvalue weighted by molar-refractivity contribution is 6.02. The van der Waals surface area contributed by atoms with E-state index in [2.05, 4.69) is 15.5 Å². The summed E-state index contributed by atoms with van der Waals surface area (Å²) in [5.74, 6) is -0.282. The van der Waals surface area contributed by atoms with Crippen LogP contribution >= 0.6 is 0 Å². The maximum atomic E-state index is 11.8. The van der Waals surface area contributed by atoms with E-state index >= 15 is 0 Å². The fraction of sp³-hybridized carbons (Fsp3) is 0.0833. The van der Waals surface area contributed by atoms with Crippen molar-refractivity contribution in [1.29, 1.82) is 0 Å². The molecule has 0 aliphatic heterocycles. The number of anilines is 1. The number of carbonyl (C=O) groups excluding carboxylic acids is 1. The van der Waals surface area contributed by atoms with Gasteiger partial charge in [0.2, 0.25) is 0 Å². The van der Waals surface area contributed by atoms with Gasteiger partial charge in [0.25, 0.3) is 11.5 Å². The lowest BCUT2D eigenvalue weighted by molar-refractivity contribution is 0.102. The van der Waals surface area contributed by atoms with Gasteiger partial charge in [-0.2, -0.15) is 5.10 Å². The van der Waals surface area contributed by atoms with Gasteiger partial charge in [0.1, 0.15) is 5.69 Å². The van der Waals surface area contributed by atoms with Gasteiger partial charge in [0.05, 0.1) is 7.11 Å². The quantitative estimate of drug-likeness (QED) is 0.755. The van der Waals surface area contributed by atoms with Crippen molar-refractivity contribution in [2.24, 2.45) is 0 Å². The van der Waals surface area contributed by atoms with Crippen molar-refractivity contribution >= 4 is 11.6 Å². The van der Waals surface area contributed by atoms with Crippen molar-refractivity contribution < 1.29 is 14.6 Å². The molecule has 0 radical (unpaired) electrons. The number of rotatable bonds is 3. The summed E-state index contributed by atoms with van der Waals surface area (Å²) in [6.07, 6.45) is 0. The molecule has 1 amide bonds. The molecule has 0 fully saturated rings. The summed E-state index contributed by atoms with van der Waals surface area (Å²) in [7, 11) is 1.43. The van der Waals surface area contributed by atoms with Crippen LogP contribution in [0.25, 0.3) is 0 Å². The first-order valence-corrected chi connectivity index (χ1v) is 5.34. The Labute approximate surface area is 107 Å². The number of aromatic nitrogens is 2. The van der Waals surface area contributed by atoms with Crippen LogP contribution in [0.1, 0.15) is 10.5 Å². The molecule has 0 saturated heterocycles. The number of ether oxygens (including phenoxy) is 1. The molecular formula is C12H11N3O4. The predicted molar refractivity (Wildman–Crippen MR) is 67.5 cm³/mol. The van der Waals surface area contributed by atoms with Gasteiger partial charge in [-0.25, -0.2) is 5.10 Å². The van der Waals surface area contributed by atoms with Crippen LogP contribution in [0.2, 0.25) is 0 Å². The summed E-state index contributed by atoms with van der Waals surface area (Å²) in [5.41, 5.74) is 0.0600. The molecule has 1 aromatic carbocycles. The topological polar surface area (TPSA) is 104 Å². The van der Waals surface area contributed by atoms with Crippen molar-refractivity contribution in [2.75, 3.05) is 12.4 Å². The highest BCUT2D eigenvalue weighted by Gasteiger charge is 2.09. The molecule has 7 nitrogen and oxygen atoms in total. The second-order valence-corrected chi connectivity index (χ2v) is 3.65. The second kappa shape index (κ2) is 5.21. The molecule has 98 valence electrons. The Kier molecular flexibility index (Phi) is 3.46. The zero-order chi connectivity index (χ0) is 13.8. The molecular weight excluding hydrogens is 250 g/mol. The average molecular weight is 261 g/mol. The molecule has 0 unspecified atom stereocenters. The molecule has 19 heavy (non-hydrogen) atoms. The number of aromatic amines is 1. The standard InChI is InChI=1S/C12H11N3O4/c1-19-10-4-2-7(6-9(10)16)13-12(18)8-3-5-11(17)15-14-8/h2-6,16H,1H3,(H,13,18)(H,15,17). The van der Waals surface area contributed by atoms with Crippen LogP contribution in [0, 0.1) is 0 Å². The van der Waals surface area contributed by atoms with Gasteiger partial charge >= 0.3 is 0 Å². The number of hydrogen-bond acceptors (Lipinski definition) is 5. The monoisotopic (exact) mass is 261 g/mol. The highest BCUT2D eigenvalue weighted by atomic mass is 16.5. The Balaban J connectivity index is 2.17. The fourth-order valence-electron chi connectivity index (χ4n) is 1.43. The SMILES string of the molecule is COc1ccc(NC(=O)c2ccc(=O)[nH]n2)cc1O. The molecule has 3 N–H and O–H groups in total. The molecule has 0 bridgehead atoms. The lowest BCUT2D eigenvalue weighted by atomic mass is 10.2. The van der Waals surface area contributed by atoms with E-state index in [1.807, 2.05) is 0 Å². The molecule has 1 aromatic heterocycles. The zero-order valence-corrected chi connectivity index (χ0v) is 10.0. The maximum Gasteiger partial charge on any atom is 0.276 e. The number of nitrogens with zero attached hydrogens (tertiary/aromatic N) is 1. The van der Waals surface area contributed by atoms with Crippen LogP contribution in [0.5, 0.6) is 11.5 Å². The largest absolute Gasteiger partial charge is 0.504 e. The van der Waals surface area contributed by atoms with E-state index in [1.54, 1.807) is 6.07 Å². The summed E-state index contributed by atoms with van der Waals surface area (Å²) in [5, 5.41) is 17.9. The van der Waals surface area contributed by atoms with E-state index in [1.165, 1.54) is 31.4 Å². The van der Waals surface area contributed by atoms with Crippen molar-refractivity contribution in [3.05, 3.63) is 46.4 Å². The third-order valence-corrected chi connectivity index (χ3v) is 2.35. The van der Waals surface area contributed by atoms with E-state index < -0.39 is 11.5 Å². The summed E-state index contributed by atoms with van der Waals surface area (Å²) >= 11 is 0. The van der Waals surface area contributed by atoms with E-state index in [0.717, 1.165) is 0 Å². The highest BCUT2D eigenvalue weighted by Crippen LogP contribution is 2.28. The molecule has 0 aliphatic rings. The van der Waals surface area contributed by atoms with Crippen LogP contribution in [0.3, 0.4) is 0 Å². The van der Waals surface area contributed by atoms with Gasteiger partial charge in [-0.05, 0) is 18.2 Å². The minimum Gasteiger partial charge on any atom is -0.504 e. The molecule has 0 aliphatic carbocycles. The smallest absolute Gasteiger partial charge is 0.276 e. The van der Waals surface area contributed by atoms with Crippen molar-refractivity contribution in [3.8, 4) is 11.5 Å². The van der Waals surface area contributed by atoms with Gasteiger partial charge in [0.15, 0.2) is 11.5 Å². The molecule has 0 saturated carbocycles. The lowest BCUT2D eigenvalue weighted by Gasteiger charge is -2.07. The summed E-state index contributed by atoms with van der Waals surface area (Å²) in [6.45, 7) is 0. The molecule has 2 aromatic rings. The molecule has 7 heteroatoms. The van der Waals surface area contributed by atoms with Crippen LogP contribution in [0.15, 0.2) is 35.1 Å². The minimum atomic E-state index is -0.499. The fourth-order valence-corrected chi connectivity index (χ4v) is 1.43. The number of amides is 1. The van der Waals surface area contributed by atoms with E-state index in [4.69, 9.17) is 4.74 Å². The Bertz CT molecular complexity index is 646. The Morgan fingerprint density at radius 2 is 2.16 bits per heavy atom. The number of carbonyl (C=O) groups is 1. The van der Waals surface area contributed by atoms with Gasteiger partial charge in [-0.3, -0.25) is 9.59 Å². The van der Waals surface area contributed by atoms with E-state index in [9.17, 15) is 14.7 Å². The second-order valence-electron chi connectivity index (χ2n) is 3.65. The molecule has 2 rings (SSSR count). The first-order valence-electron chi connectivity index (χ1n) is 5.34. The third kappa shape index (κ3) is 2.89. The zero-order valence-electron chi connectivity index (χ0n) is 10.0. The Morgan fingerprint density at radius 1 is 1.37 bits per heavy atom. The first kappa shape index (κ1) is 12.6.